The van der Waals surface area contributed by atoms with E-state index >= 15 is 0 Å². The molecule has 5 rings (SSSR count). The highest BCUT2D eigenvalue weighted by Gasteiger charge is 2.34. The number of carbonyl (C=O) groups is 2. The Morgan fingerprint density at radius 3 is 2.56 bits per heavy atom. The Kier molecular flexibility index (Phi) is 7.40. The third kappa shape index (κ3) is 5.66. The van der Waals surface area contributed by atoms with E-state index in [-0.39, 0.29) is 23.3 Å². The molecule has 0 saturated carbocycles. The molecule has 0 aliphatic carbocycles. The summed E-state index contributed by atoms with van der Waals surface area (Å²) in [6, 6.07) is 8.85. The van der Waals surface area contributed by atoms with Gasteiger partial charge in [0.25, 0.3) is 5.91 Å². The Hall–Kier alpha value is -4.16. The number of aromatic nitrogens is 2. The number of carboxylic acid groups (broad SMARTS) is 1. The van der Waals surface area contributed by atoms with Crippen molar-refractivity contribution in [2.75, 3.05) is 67.2 Å². The van der Waals surface area contributed by atoms with E-state index < -0.39 is 18.0 Å². The van der Waals surface area contributed by atoms with Crippen molar-refractivity contribution >= 4 is 45.7 Å². The molecule has 12 heteroatoms. The van der Waals surface area contributed by atoms with E-state index in [0.29, 0.717) is 24.3 Å². The molecule has 2 fully saturated rings. The van der Waals surface area contributed by atoms with Crippen LogP contribution in [0, 0.1) is 5.92 Å². The van der Waals surface area contributed by atoms with Crippen molar-refractivity contribution in [1.82, 2.24) is 20.2 Å². The third-order valence-electron chi connectivity index (χ3n) is 7.61. The number of anilines is 4. The van der Waals surface area contributed by atoms with E-state index in [0.717, 1.165) is 42.9 Å². The largest absolute Gasteiger partial charge is 0.465 e. The van der Waals surface area contributed by atoms with Crippen molar-refractivity contribution < 1.29 is 14.7 Å². The van der Waals surface area contributed by atoms with Gasteiger partial charge in [0.2, 0.25) is 0 Å². The minimum absolute atomic E-state index is 0.0473. The quantitative estimate of drug-likeness (QED) is 0.325. The molecule has 2 saturated heterocycles. The highest BCUT2D eigenvalue weighted by Crippen LogP contribution is 2.30. The summed E-state index contributed by atoms with van der Waals surface area (Å²) in [4.78, 5) is 40.1. The molecule has 0 spiro atoms. The lowest BCUT2D eigenvalue weighted by molar-refractivity contribution is 0.102. The summed E-state index contributed by atoms with van der Waals surface area (Å²) in [5.41, 5.74) is 16.0. The molecule has 206 valence electrons. The first-order valence-corrected chi connectivity index (χ1v) is 13.1. The van der Waals surface area contributed by atoms with Gasteiger partial charge in [-0.3, -0.25) is 9.78 Å². The molecule has 0 bridgehead atoms. The topological polar surface area (TPSA) is 166 Å². The number of hydrogen-bond donors (Lipinski definition) is 5. The van der Waals surface area contributed by atoms with Gasteiger partial charge in [0.15, 0.2) is 5.69 Å². The fraction of sp³-hybridized carbons (Fsp3) is 0.407. The number of nitrogens with zero attached hydrogens (tertiary/aromatic N) is 5. The average molecular weight is 534 g/mol. The molecule has 2 aliphatic rings. The standard InChI is InChI=1S/C27H35N9O3/c1-16-14-36(15-20(29)24(16)33-27(38)39)23-5-6-30-13-22(23)32-26(37)25-19(28)11-17-3-4-18(12-21(17)31-25)35-9-7-34(2)8-10-35/h3-6,11-13,16,20,24,33H,7-10,14-15,28-29H2,1-2H3,(H,32,37)(H,38,39). The number of piperidine rings is 1. The maximum absolute atomic E-state index is 13.4. The second kappa shape index (κ2) is 10.9. The van der Waals surface area contributed by atoms with Gasteiger partial charge in [-0.05, 0) is 37.2 Å². The molecule has 2 amide bonds. The molecule has 4 heterocycles. The summed E-state index contributed by atoms with van der Waals surface area (Å²) in [7, 11) is 2.12. The summed E-state index contributed by atoms with van der Waals surface area (Å²) < 4.78 is 0. The van der Waals surface area contributed by atoms with E-state index in [2.05, 4.69) is 43.5 Å². The number of pyridine rings is 2. The van der Waals surface area contributed by atoms with Crippen LogP contribution in [0.2, 0.25) is 0 Å². The first kappa shape index (κ1) is 26.4. The number of amides is 2. The van der Waals surface area contributed by atoms with Crippen LogP contribution in [-0.4, -0.2) is 90.4 Å². The van der Waals surface area contributed by atoms with E-state index in [1.165, 1.54) is 0 Å². The lowest BCUT2D eigenvalue weighted by atomic mass is 9.90. The summed E-state index contributed by atoms with van der Waals surface area (Å²) >= 11 is 0. The Morgan fingerprint density at radius 2 is 1.85 bits per heavy atom. The van der Waals surface area contributed by atoms with Crippen molar-refractivity contribution in [1.29, 1.82) is 0 Å². The van der Waals surface area contributed by atoms with E-state index in [4.69, 9.17) is 16.6 Å². The number of likely N-dealkylation sites (N-methyl/N-ethyl adjacent to an activating group) is 1. The summed E-state index contributed by atoms with van der Waals surface area (Å²) in [6.07, 6.45) is 2.13. The van der Waals surface area contributed by atoms with Gasteiger partial charge in [0.1, 0.15) is 0 Å². The smallest absolute Gasteiger partial charge is 0.404 e. The molecule has 12 nitrogen and oxygen atoms in total. The molecule has 2 aliphatic heterocycles. The van der Waals surface area contributed by atoms with Gasteiger partial charge in [-0.2, -0.15) is 0 Å². The average Bonchev–Trinajstić information content (AvgIpc) is 2.90. The number of fused-ring (bicyclic) bond motifs is 1. The van der Waals surface area contributed by atoms with Crippen LogP contribution in [0.1, 0.15) is 17.4 Å². The SMILES string of the molecule is CC1CN(c2ccncc2NC(=O)c2nc3cc(N4CCN(C)CC4)ccc3cc2N)CC(N)C1NC(=O)O. The Bertz CT molecular complexity index is 1360. The lowest BCUT2D eigenvalue weighted by Gasteiger charge is -2.42. The zero-order valence-corrected chi connectivity index (χ0v) is 22.2. The third-order valence-corrected chi connectivity index (χ3v) is 7.61. The van der Waals surface area contributed by atoms with Crippen molar-refractivity contribution in [3.05, 3.63) is 48.4 Å². The fourth-order valence-electron chi connectivity index (χ4n) is 5.47. The van der Waals surface area contributed by atoms with Crippen molar-refractivity contribution in [2.45, 2.75) is 19.0 Å². The Labute approximate surface area is 227 Å². The number of nitrogens with two attached hydrogens (primary N) is 2. The molecule has 7 N–H and O–H groups in total. The maximum atomic E-state index is 13.4. The van der Waals surface area contributed by atoms with Gasteiger partial charge in [-0.25, -0.2) is 9.78 Å². The fourth-order valence-corrected chi connectivity index (χ4v) is 5.47. The van der Waals surface area contributed by atoms with Crippen LogP contribution in [-0.2, 0) is 0 Å². The molecule has 39 heavy (non-hydrogen) atoms. The number of benzene rings is 1. The van der Waals surface area contributed by atoms with Gasteiger partial charge in [-0.15, -0.1) is 0 Å². The zero-order chi connectivity index (χ0) is 27.7. The molecule has 1 aromatic carbocycles. The van der Waals surface area contributed by atoms with Crippen LogP contribution < -0.4 is 31.9 Å². The van der Waals surface area contributed by atoms with Crippen LogP contribution in [0.3, 0.4) is 0 Å². The predicted octanol–water partition coefficient (Wildman–Crippen LogP) is 1.64. The normalized spacial score (nSPS) is 22.1. The van der Waals surface area contributed by atoms with Crippen LogP contribution in [0.5, 0.6) is 0 Å². The van der Waals surface area contributed by atoms with Crippen molar-refractivity contribution in [3.8, 4) is 0 Å². The number of carbonyl (C=O) groups excluding carboxylic acids is 1. The monoisotopic (exact) mass is 533 g/mol. The highest BCUT2D eigenvalue weighted by atomic mass is 16.4. The van der Waals surface area contributed by atoms with Crippen LogP contribution in [0.15, 0.2) is 42.7 Å². The Morgan fingerprint density at radius 1 is 1.08 bits per heavy atom. The van der Waals surface area contributed by atoms with Gasteiger partial charge in [0, 0.05) is 62.6 Å². The molecule has 3 atom stereocenters. The molecular formula is C27H35N9O3. The number of hydrogen-bond acceptors (Lipinski definition) is 9. The van der Waals surface area contributed by atoms with Gasteiger partial charge in [0.05, 0.1) is 34.8 Å². The highest BCUT2D eigenvalue weighted by molar-refractivity contribution is 6.09. The summed E-state index contributed by atoms with van der Waals surface area (Å²) in [5.74, 6) is -0.484. The van der Waals surface area contributed by atoms with Crippen LogP contribution in [0.4, 0.5) is 27.5 Å². The molecule has 3 aromatic rings. The molecule has 2 aromatic heterocycles. The minimum Gasteiger partial charge on any atom is -0.465 e. The van der Waals surface area contributed by atoms with Crippen molar-refractivity contribution in [3.63, 3.8) is 0 Å². The van der Waals surface area contributed by atoms with Gasteiger partial charge < -0.3 is 41.9 Å². The number of rotatable bonds is 5. The first-order chi connectivity index (χ1) is 18.7. The van der Waals surface area contributed by atoms with Crippen LogP contribution >= 0.6 is 0 Å². The zero-order valence-electron chi connectivity index (χ0n) is 22.2. The Balaban J connectivity index is 1.37. The molecule has 0 radical (unpaired) electrons. The predicted molar refractivity (Wildman–Crippen MR) is 152 cm³/mol. The van der Waals surface area contributed by atoms with Gasteiger partial charge in [-0.1, -0.05) is 13.0 Å². The van der Waals surface area contributed by atoms with Gasteiger partial charge >= 0.3 is 6.09 Å². The van der Waals surface area contributed by atoms with Crippen molar-refractivity contribution in [2.24, 2.45) is 11.7 Å². The first-order valence-electron chi connectivity index (χ1n) is 13.1. The number of nitrogens with one attached hydrogen (secondary N) is 2. The second-order valence-electron chi connectivity index (χ2n) is 10.5. The summed E-state index contributed by atoms with van der Waals surface area (Å²) in [6.45, 7) is 6.75. The number of nitrogen functional groups attached to an aromatic ring is 1. The second-order valence-corrected chi connectivity index (χ2v) is 10.5. The van der Waals surface area contributed by atoms with E-state index in [9.17, 15) is 9.59 Å². The van der Waals surface area contributed by atoms with E-state index in [1.807, 2.05) is 24.0 Å². The lowest BCUT2D eigenvalue weighted by Crippen LogP contribution is -2.61. The number of piperazine rings is 1. The minimum atomic E-state index is -1.09. The maximum Gasteiger partial charge on any atom is 0.404 e. The summed E-state index contributed by atoms with van der Waals surface area (Å²) in [5, 5.41) is 15.5. The molecular weight excluding hydrogens is 498 g/mol. The van der Waals surface area contributed by atoms with Crippen LogP contribution in [0.25, 0.3) is 10.9 Å². The van der Waals surface area contributed by atoms with E-state index in [1.54, 1.807) is 24.5 Å². The molecule has 3 unspecified atom stereocenters.